The van der Waals surface area contributed by atoms with Gasteiger partial charge in [0.05, 0.1) is 22.6 Å². The fourth-order valence-corrected chi connectivity index (χ4v) is 4.04. The minimum atomic E-state index is -3.66. The van der Waals surface area contributed by atoms with E-state index in [1.54, 1.807) is 49.3 Å². The maximum absolute atomic E-state index is 12.9. The Hall–Kier alpha value is -2.97. The molecule has 28 heavy (non-hydrogen) atoms. The van der Waals surface area contributed by atoms with E-state index in [2.05, 4.69) is 10.3 Å². The summed E-state index contributed by atoms with van der Waals surface area (Å²) >= 11 is 0. The van der Waals surface area contributed by atoms with Gasteiger partial charge in [-0.2, -0.15) is 0 Å². The van der Waals surface area contributed by atoms with Crippen molar-refractivity contribution in [1.29, 1.82) is 0 Å². The zero-order valence-electron chi connectivity index (χ0n) is 16.2. The molecule has 0 aliphatic carbocycles. The molecule has 1 amide bonds. The van der Waals surface area contributed by atoms with E-state index in [4.69, 9.17) is 0 Å². The number of benzene rings is 2. The average molecular weight is 398 g/mol. The Bertz CT molecular complexity index is 1120. The fourth-order valence-electron chi connectivity index (χ4n) is 2.82. The van der Waals surface area contributed by atoms with Crippen molar-refractivity contribution in [2.75, 3.05) is 19.4 Å². The molecule has 8 heteroatoms. The number of sulfonamides is 1. The zero-order chi connectivity index (χ0) is 20.5. The predicted octanol–water partition coefficient (Wildman–Crippen LogP) is 2.99. The van der Waals surface area contributed by atoms with Gasteiger partial charge >= 0.3 is 0 Å². The SMILES string of the molecule is Cc1cc(C(=O)Nc2ccccc2-n2ccnc2)cc(S(=O)(=O)N(C)C)c1C. The van der Waals surface area contributed by atoms with E-state index in [-0.39, 0.29) is 16.4 Å². The molecule has 146 valence electrons. The van der Waals surface area contributed by atoms with Crippen LogP contribution in [-0.4, -0.2) is 42.3 Å². The Morgan fingerprint density at radius 2 is 1.86 bits per heavy atom. The lowest BCUT2D eigenvalue weighted by atomic mass is 10.1. The maximum atomic E-state index is 12.9. The number of carbonyl (C=O) groups excluding carboxylic acids is 1. The number of hydrogen-bond acceptors (Lipinski definition) is 4. The lowest BCUT2D eigenvalue weighted by Crippen LogP contribution is -2.24. The van der Waals surface area contributed by atoms with Crippen LogP contribution in [0.2, 0.25) is 0 Å². The molecule has 2 aromatic carbocycles. The summed E-state index contributed by atoms with van der Waals surface area (Å²) in [4.78, 5) is 17.1. The Morgan fingerprint density at radius 1 is 1.14 bits per heavy atom. The van der Waals surface area contributed by atoms with Gasteiger partial charge in [0.1, 0.15) is 0 Å². The van der Waals surface area contributed by atoms with Crippen LogP contribution in [0.15, 0.2) is 60.0 Å². The molecule has 1 heterocycles. The zero-order valence-corrected chi connectivity index (χ0v) is 17.0. The van der Waals surface area contributed by atoms with Gasteiger partial charge in [0.25, 0.3) is 5.91 Å². The van der Waals surface area contributed by atoms with E-state index >= 15 is 0 Å². The van der Waals surface area contributed by atoms with Gasteiger partial charge in [-0.1, -0.05) is 12.1 Å². The molecule has 0 atom stereocenters. The Kier molecular flexibility index (Phi) is 5.35. The van der Waals surface area contributed by atoms with Gasteiger partial charge in [0.2, 0.25) is 10.0 Å². The number of aromatic nitrogens is 2. The van der Waals surface area contributed by atoms with Crippen molar-refractivity contribution >= 4 is 21.6 Å². The summed E-state index contributed by atoms with van der Waals surface area (Å²) in [5.41, 5.74) is 3.00. The number of para-hydroxylation sites is 2. The van der Waals surface area contributed by atoms with Gasteiger partial charge in [-0.05, 0) is 49.2 Å². The minimum absolute atomic E-state index is 0.130. The number of carbonyl (C=O) groups is 1. The second kappa shape index (κ2) is 7.57. The van der Waals surface area contributed by atoms with Gasteiger partial charge in [0.15, 0.2) is 0 Å². The second-order valence-corrected chi connectivity index (χ2v) is 8.77. The number of anilines is 1. The second-order valence-electron chi connectivity index (χ2n) is 6.64. The van der Waals surface area contributed by atoms with Crippen LogP contribution in [-0.2, 0) is 10.0 Å². The van der Waals surface area contributed by atoms with Crippen molar-refractivity contribution in [3.05, 3.63) is 71.8 Å². The van der Waals surface area contributed by atoms with Crippen molar-refractivity contribution < 1.29 is 13.2 Å². The normalized spacial score (nSPS) is 11.6. The predicted molar refractivity (Wildman–Crippen MR) is 108 cm³/mol. The third kappa shape index (κ3) is 3.69. The Labute approximate surface area is 164 Å². The molecule has 3 rings (SSSR count). The fraction of sp³-hybridized carbons (Fsp3) is 0.200. The number of rotatable bonds is 5. The molecule has 0 unspecified atom stereocenters. The first-order valence-corrected chi connectivity index (χ1v) is 10.1. The smallest absolute Gasteiger partial charge is 0.255 e. The summed E-state index contributed by atoms with van der Waals surface area (Å²) in [5, 5.41) is 2.87. The highest BCUT2D eigenvalue weighted by Gasteiger charge is 2.23. The van der Waals surface area contributed by atoms with Crippen LogP contribution in [0.1, 0.15) is 21.5 Å². The van der Waals surface area contributed by atoms with Gasteiger partial charge in [-0.3, -0.25) is 4.79 Å². The van der Waals surface area contributed by atoms with Gasteiger partial charge < -0.3 is 9.88 Å². The van der Waals surface area contributed by atoms with Crippen molar-refractivity contribution in [1.82, 2.24) is 13.9 Å². The number of aryl methyl sites for hydroxylation is 1. The van der Waals surface area contributed by atoms with Gasteiger partial charge in [0, 0.05) is 32.1 Å². The highest BCUT2D eigenvalue weighted by molar-refractivity contribution is 7.89. The number of nitrogens with one attached hydrogen (secondary N) is 1. The van der Waals surface area contributed by atoms with Gasteiger partial charge in [-0.15, -0.1) is 0 Å². The highest BCUT2D eigenvalue weighted by Crippen LogP contribution is 2.25. The summed E-state index contributed by atoms with van der Waals surface area (Å²) in [6, 6.07) is 10.4. The van der Waals surface area contributed by atoms with Crippen LogP contribution in [0.25, 0.3) is 5.69 Å². The average Bonchev–Trinajstić information content (AvgIpc) is 3.18. The molecule has 0 aliphatic heterocycles. The summed E-state index contributed by atoms with van der Waals surface area (Å²) in [6.45, 7) is 3.53. The van der Waals surface area contributed by atoms with Crippen LogP contribution >= 0.6 is 0 Å². The molecule has 0 fully saturated rings. The molecule has 0 aliphatic rings. The standard InChI is InChI=1S/C20H22N4O3S/c1-14-11-16(12-19(15(14)2)28(26,27)23(3)4)20(25)22-17-7-5-6-8-18(17)24-10-9-21-13-24/h5-13H,1-4H3,(H,22,25). The Balaban J connectivity index is 2.01. The van der Waals surface area contributed by atoms with E-state index in [1.165, 1.54) is 20.2 Å². The number of hydrogen-bond donors (Lipinski definition) is 1. The number of nitrogens with zero attached hydrogens (tertiary/aromatic N) is 3. The quantitative estimate of drug-likeness (QED) is 0.716. The van der Waals surface area contributed by atoms with Gasteiger partial charge in [-0.25, -0.2) is 17.7 Å². The molecule has 0 saturated heterocycles. The van der Waals surface area contributed by atoms with E-state index in [1.807, 2.05) is 18.2 Å². The molecular formula is C20H22N4O3S. The van der Waals surface area contributed by atoms with Crippen LogP contribution in [0.5, 0.6) is 0 Å². The molecule has 0 radical (unpaired) electrons. The lowest BCUT2D eigenvalue weighted by molar-refractivity contribution is 0.102. The molecule has 1 N–H and O–H groups in total. The number of amides is 1. The number of imidazole rings is 1. The van der Waals surface area contributed by atoms with Crippen molar-refractivity contribution in [3.63, 3.8) is 0 Å². The van der Waals surface area contributed by atoms with Crippen molar-refractivity contribution in [2.45, 2.75) is 18.7 Å². The minimum Gasteiger partial charge on any atom is -0.320 e. The molecule has 3 aromatic rings. The lowest BCUT2D eigenvalue weighted by Gasteiger charge is -2.17. The molecular weight excluding hydrogens is 376 g/mol. The maximum Gasteiger partial charge on any atom is 0.255 e. The van der Waals surface area contributed by atoms with E-state index < -0.39 is 10.0 Å². The van der Waals surface area contributed by atoms with Crippen LogP contribution in [0, 0.1) is 13.8 Å². The van der Waals surface area contributed by atoms with Crippen molar-refractivity contribution in [3.8, 4) is 5.69 Å². The third-order valence-electron chi connectivity index (χ3n) is 4.58. The first-order chi connectivity index (χ1) is 13.2. The Morgan fingerprint density at radius 3 is 2.50 bits per heavy atom. The molecule has 1 aromatic heterocycles. The largest absolute Gasteiger partial charge is 0.320 e. The topological polar surface area (TPSA) is 84.3 Å². The summed E-state index contributed by atoms with van der Waals surface area (Å²) in [6.07, 6.45) is 5.08. The van der Waals surface area contributed by atoms with E-state index in [9.17, 15) is 13.2 Å². The van der Waals surface area contributed by atoms with Crippen LogP contribution in [0.3, 0.4) is 0 Å². The summed E-state index contributed by atoms with van der Waals surface area (Å²) in [5.74, 6) is -0.383. The first-order valence-electron chi connectivity index (χ1n) is 8.64. The van der Waals surface area contributed by atoms with Crippen molar-refractivity contribution in [2.24, 2.45) is 0 Å². The summed E-state index contributed by atoms with van der Waals surface area (Å²) in [7, 11) is -0.721. The van der Waals surface area contributed by atoms with E-state index in [0.29, 0.717) is 11.3 Å². The third-order valence-corrected chi connectivity index (χ3v) is 6.52. The highest BCUT2D eigenvalue weighted by atomic mass is 32.2. The summed E-state index contributed by atoms with van der Waals surface area (Å²) < 4.78 is 28.2. The molecule has 7 nitrogen and oxygen atoms in total. The molecule has 0 bridgehead atoms. The van der Waals surface area contributed by atoms with Crippen LogP contribution in [0.4, 0.5) is 5.69 Å². The monoisotopic (exact) mass is 398 g/mol. The van der Waals surface area contributed by atoms with E-state index in [0.717, 1.165) is 15.6 Å². The molecule has 0 saturated carbocycles. The molecule has 0 spiro atoms. The van der Waals surface area contributed by atoms with Crippen LogP contribution < -0.4 is 5.32 Å². The first kappa shape index (κ1) is 19.8.